The Hall–Kier alpha value is -2.78. The molecule has 0 saturated heterocycles. The van der Waals surface area contributed by atoms with Crippen molar-refractivity contribution in [2.24, 2.45) is 0 Å². The number of fused-ring (bicyclic) bond motifs is 1. The molecule has 3 aromatic rings. The van der Waals surface area contributed by atoms with Crippen molar-refractivity contribution in [1.82, 2.24) is 25.3 Å². The average Bonchev–Trinajstić information content (AvgIpc) is 2.91. The summed E-state index contributed by atoms with van der Waals surface area (Å²) in [5.74, 6) is 0.195. The highest BCUT2D eigenvalue weighted by atomic mass is 19.4. The Morgan fingerprint density at radius 2 is 1.86 bits per heavy atom. The van der Waals surface area contributed by atoms with E-state index < -0.39 is 11.7 Å². The van der Waals surface area contributed by atoms with Crippen LogP contribution in [0.4, 0.5) is 18.9 Å². The fraction of sp³-hybridized carbons (Fsp3) is 0.250. The summed E-state index contributed by atoms with van der Waals surface area (Å²) in [6.45, 7) is 1.70. The molecule has 7 nitrogen and oxygen atoms in total. The Bertz CT molecular complexity index is 827. The van der Waals surface area contributed by atoms with Crippen LogP contribution in [0.25, 0.3) is 11.2 Å². The number of anilines is 1. The van der Waals surface area contributed by atoms with Crippen molar-refractivity contribution >= 4 is 16.9 Å². The van der Waals surface area contributed by atoms with Crippen molar-refractivity contribution in [3.63, 3.8) is 0 Å². The highest BCUT2D eigenvalue weighted by molar-refractivity contribution is 5.85. The van der Waals surface area contributed by atoms with Gasteiger partial charge < -0.3 is 5.73 Å². The van der Waals surface area contributed by atoms with E-state index >= 15 is 0 Å². The van der Waals surface area contributed by atoms with E-state index in [9.17, 15) is 13.2 Å². The summed E-state index contributed by atoms with van der Waals surface area (Å²) in [6, 6.07) is 0. The quantitative estimate of drug-likeness (QED) is 0.771. The Balaban J connectivity index is 1.96. The topological polar surface area (TPSA) is 104 Å². The predicted molar refractivity (Wildman–Crippen MR) is 68.6 cm³/mol. The first-order chi connectivity index (χ1) is 10.4. The van der Waals surface area contributed by atoms with E-state index in [1.165, 1.54) is 0 Å². The maximum absolute atomic E-state index is 12.5. The molecule has 0 unspecified atom stereocenters. The zero-order valence-electron chi connectivity index (χ0n) is 11.2. The zero-order chi connectivity index (χ0) is 15.9. The van der Waals surface area contributed by atoms with E-state index in [1.54, 1.807) is 6.92 Å². The first kappa shape index (κ1) is 14.2. The second kappa shape index (κ2) is 4.90. The second-order valence-corrected chi connectivity index (χ2v) is 4.59. The molecule has 3 rings (SSSR count). The Kier molecular flexibility index (Phi) is 3.15. The molecule has 2 N–H and O–H groups in total. The van der Waals surface area contributed by atoms with Crippen LogP contribution in [0.15, 0.2) is 17.0 Å². The van der Waals surface area contributed by atoms with Crippen molar-refractivity contribution in [3.8, 4) is 0 Å². The minimum absolute atomic E-state index is 0.131. The molecule has 0 aliphatic carbocycles. The maximum Gasteiger partial charge on any atom is 0.419 e. The number of alkyl halides is 3. The summed E-state index contributed by atoms with van der Waals surface area (Å²) in [6.07, 6.45) is -2.87. The van der Waals surface area contributed by atoms with Crippen LogP contribution in [0.5, 0.6) is 0 Å². The monoisotopic (exact) mass is 310 g/mol. The van der Waals surface area contributed by atoms with Crippen molar-refractivity contribution < 1.29 is 17.8 Å². The van der Waals surface area contributed by atoms with Crippen LogP contribution in [0.3, 0.4) is 0 Å². The van der Waals surface area contributed by atoms with Crippen LogP contribution < -0.4 is 5.73 Å². The molecule has 0 bridgehead atoms. The molecular formula is C12H9F3N6O. The number of nitrogen functional groups attached to an aromatic ring is 1. The molecule has 0 fully saturated rings. The minimum Gasteiger partial charge on any atom is -0.396 e. The lowest BCUT2D eigenvalue weighted by atomic mass is 10.1. The maximum atomic E-state index is 12.5. The number of hydrogen-bond acceptors (Lipinski definition) is 7. The summed E-state index contributed by atoms with van der Waals surface area (Å²) in [5.41, 5.74) is 7.07. The summed E-state index contributed by atoms with van der Waals surface area (Å²) >= 11 is 0. The molecule has 0 amide bonds. The van der Waals surface area contributed by atoms with E-state index in [1.807, 2.05) is 0 Å². The van der Waals surface area contributed by atoms with Gasteiger partial charge in [0, 0.05) is 30.1 Å². The molecule has 114 valence electrons. The number of nitrogens with zero attached hydrogens (tertiary/aromatic N) is 5. The first-order valence-corrected chi connectivity index (χ1v) is 6.11. The van der Waals surface area contributed by atoms with Crippen LogP contribution in [-0.4, -0.2) is 25.3 Å². The molecular weight excluding hydrogens is 301 g/mol. The van der Waals surface area contributed by atoms with Crippen LogP contribution in [0.1, 0.15) is 22.6 Å². The SMILES string of the molecule is Cc1nc2nonc2c(N)c1Cc1ncc(C(F)(F)F)cn1. The summed E-state index contributed by atoms with van der Waals surface area (Å²) in [4.78, 5) is 11.6. The Morgan fingerprint density at radius 3 is 2.50 bits per heavy atom. The molecule has 0 radical (unpaired) electrons. The highest BCUT2D eigenvalue weighted by Gasteiger charge is 2.31. The zero-order valence-corrected chi connectivity index (χ0v) is 11.2. The predicted octanol–water partition coefficient (Wildman–Crippen LogP) is 1.91. The number of aryl methyl sites for hydroxylation is 1. The van der Waals surface area contributed by atoms with Crippen LogP contribution in [-0.2, 0) is 12.6 Å². The van der Waals surface area contributed by atoms with Gasteiger partial charge in [0.2, 0.25) is 5.65 Å². The average molecular weight is 310 g/mol. The molecule has 0 aliphatic rings. The van der Waals surface area contributed by atoms with Crippen LogP contribution >= 0.6 is 0 Å². The third-order valence-corrected chi connectivity index (χ3v) is 3.13. The van der Waals surface area contributed by atoms with Gasteiger partial charge >= 0.3 is 6.18 Å². The normalized spacial score (nSPS) is 12.0. The third kappa shape index (κ3) is 2.43. The lowest BCUT2D eigenvalue weighted by Crippen LogP contribution is -2.09. The second-order valence-electron chi connectivity index (χ2n) is 4.59. The van der Waals surface area contributed by atoms with Gasteiger partial charge in [-0.15, -0.1) is 0 Å². The van der Waals surface area contributed by atoms with Gasteiger partial charge in [-0.1, -0.05) is 0 Å². The molecule has 10 heteroatoms. The van der Waals surface area contributed by atoms with Crippen molar-refractivity contribution in [1.29, 1.82) is 0 Å². The smallest absolute Gasteiger partial charge is 0.396 e. The van der Waals surface area contributed by atoms with E-state index in [0.29, 0.717) is 22.5 Å². The van der Waals surface area contributed by atoms with Gasteiger partial charge in [0.15, 0.2) is 5.52 Å². The van der Waals surface area contributed by atoms with Gasteiger partial charge in [0.25, 0.3) is 0 Å². The number of aromatic nitrogens is 5. The van der Waals surface area contributed by atoms with Crippen LogP contribution in [0.2, 0.25) is 0 Å². The molecule has 0 saturated carbocycles. The number of rotatable bonds is 2. The van der Waals surface area contributed by atoms with E-state index in [-0.39, 0.29) is 17.9 Å². The number of hydrogen-bond donors (Lipinski definition) is 1. The van der Waals surface area contributed by atoms with Crippen molar-refractivity contribution in [2.75, 3.05) is 5.73 Å². The number of halogens is 3. The number of pyridine rings is 1. The van der Waals surface area contributed by atoms with Crippen LogP contribution in [0, 0.1) is 6.92 Å². The molecule has 0 spiro atoms. The highest BCUT2D eigenvalue weighted by Crippen LogP contribution is 2.28. The fourth-order valence-electron chi connectivity index (χ4n) is 1.96. The minimum atomic E-state index is -4.47. The molecule has 0 atom stereocenters. The fourth-order valence-corrected chi connectivity index (χ4v) is 1.96. The van der Waals surface area contributed by atoms with E-state index in [4.69, 9.17) is 5.73 Å². The van der Waals surface area contributed by atoms with Crippen molar-refractivity contribution in [3.05, 3.63) is 35.0 Å². The van der Waals surface area contributed by atoms with Gasteiger partial charge in [0.05, 0.1) is 11.3 Å². The Labute approximate surface area is 121 Å². The van der Waals surface area contributed by atoms with Gasteiger partial charge in [0.1, 0.15) is 5.82 Å². The van der Waals surface area contributed by atoms with E-state index in [0.717, 1.165) is 12.4 Å². The summed E-state index contributed by atoms with van der Waals surface area (Å²) in [7, 11) is 0. The largest absolute Gasteiger partial charge is 0.419 e. The third-order valence-electron chi connectivity index (χ3n) is 3.13. The molecule has 3 heterocycles. The lowest BCUT2D eigenvalue weighted by molar-refractivity contribution is -0.138. The van der Waals surface area contributed by atoms with E-state index in [2.05, 4.69) is 29.9 Å². The molecule has 3 aromatic heterocycles. The standard InChI is InChI=1S/C12H9F3N6O/c1-5-7(9(16)10-11(19-5)21-22-20-10)2-8-17-3-6(4-18-8)12(13,14)15/h3-4H,2,16H2,1H3. The van der Waals surface area contributed by atoms with Gasteiger partial charge in [-0.2, -0.15) is 13.2 Å². The molecule has 0 aliphatic heterocycles. The number of nitrogens with two attached hydrogens (primary N) is 1. The first-order valence-electron chi connectivity index (χ1n) is 6.11. The van der Waals surface area contributed by atoms with Gasteiger partial charge in [-0.25, -0.2) is 19.6 Å². The van der Waals surface area contributed by atoms with Gasteiger partial charge in [-0.3, -0.25) is 0 Å². The lowest BCUT2D eigenvalue weighted by Gasteiger charge is -2.09. The molecule has 22 heavy (non-hydrogen) atoms. The van der Waals surface area contributed by atoms with Gasteiger partial charge in [-0.05, 0) is 17.2 Å². The molecule has 0 aromatic carbocycles. The Morgan fingerprint density at radius 1 is 1.18 bits per heavy atom. The van der Waals surface area contributed by atoms with Crippen molar-refractivity contribution in [2.45, 2.75) is 19.5 Å². The summed E-state index contributed by atoms with van der Waals surface area (Å²) in [5, 5.41) is 7.24. The summed E-state index contributed by atoms with van der Waals surface area (Å²) < 4.78 is 42.0.